The van der Waals surface area contributed by atoms with E-state index in [0.29, 0.717) is 16.8 Å². The third-order valence-corrected chi connectivity index (χ3v) is 3.36. The van der Waals surface area contributed by atoms with Gasteiger partial charge in [0, 0.05) is 10.0 Å². The first kappa shape index (κ1) is 14.3. The maximum atomic E-state index is 12.1. The van der Waals surface area contributed by atoms with Crippen molar-refractivity contribution < 1.29 is 14.3 Å². The summed E-state index contributed by atoms with van der Waals surface area (Å²) in [6.45, 7) is 0. The van der Waals surface area contributed by atoms with Crippen LogP contribution in [0.5, 0.6) is 0 Å². The van der Waals surface area contributed by atoms with E-state index in [-0.39, 0.29) is 5.91 Å². The van der Waals surface area contributed by atoms with Gasteiger partial charge in [0.2, 0.25) is 0 Å². The number of ether oxygens (including phenoxy) is 1. The van der Waals surface area contributed by atoms with Crippen LogP contribution in [0.4, 0.5) is 5.69 Å². The van der Waals surface area contributed by atoms with Crippen molar-refractivity contribution in [2.75, 3.05) is 12.4 Å². The molecule has 0 aliphatic heterocycles. The number of methoxy groups -OCH3 is 1. The molecule has 0 atom stereocenters. The Kier molecular flexibility index (Phi) is 4.53. The lowest BCUT2D eigenvalue weighted by molar-refractivity contribution is 0.0600. The van der Waals surface area contributed by atoms with Gasteiger partial charge in [-0.15, -0.1) is 0 Å². The van der Waals surface area contributed by atoms with Crippen molar-refractivity contribution >= 4 is 33.5 Å². The van der Waals surface area contributed by atoms with Gasteiger partial charge in [-0.1, -0.05) is 18.2 Å². The van der Waals surface area contributed by atoms with Crippen LogP contribution in [0.2, 0.25) is 0 Å². The lowest BCUT2D eigenvalue weighted by Crippen LogP contribution is -2.13. The summed E-state index contributed by atoms with van der Waals surface area (Å²) >= 11 is 3.36. The second-order valence-corrected chi connectivity index (χ2v) is 4.86. The number of nitrogens with one attached hydrogen (secondary N) is 1. The molecule has 0 aliphatic carbocycles. The maximum Gasteiger partial charge on any atom is 0.337 e. The normalized spacial score (nSPS) is 9.90. The molecule has 0 bridgehead atoms. The van der Waals surface area contributed by atoms with Crippen LogP contribution in [0.15, 0.2) is 53.0 Å². The van der Waals surface area contributed by atoms with Crippen LogP contribution >= 0.6 is 15.9 Å². The Hall–Kier alpha value is -2.14. The fourth-order valence-electron chi connectivity index (χ4n) is 1.66. The molecular formula is C15H12BrNO3. The number of benzene rings is 2. The van der Waals surface area contributed by atoms with Crippen LogP contribution in [-0.2, 0) is 4.74 Å². The zero-order valence-corrected chi connectivity index (χ0v) is 12.3. The number of carbonyl (C=O) groups excluding carboxylic acids is 2. The molecule has 0 heterocycles. The number of amides is 1. The number of carbonyl (C=O) groups is 2. The number of anilines is 1. The topological polar surface area (TPSA) is 55.4 Å². The molecule has 102 valence electrons. The Morgan fingerprint density at radius 1 is 1.05 bits per heavy atom. The zero-order valence-electron chi connectivity index (χ0n) is 10.7. The summed E-state index contributed by atoms with van der Waals surface area (Å²) < 4.78 is 5.42. The first-order valence-corrected chi connectivity index (χ1v) is 6.65. The van der Waals surface area contributed by atoms with E-state index in [9.17, 15) is 9.59 Å². The average molecular weight is 334 g/mol. The van der Waals surface area contributed by atoms with E-state index in [1.54, 1.807) is 24.3 Å². The van der Waals surface area contributed by atoms with Crippen molar-refractivity contribution in [2.45, 2.75) is 0 Å². The molecule has 1 amide bonds. The molecular weight excluding hydrogens is 322 g/mol. The van der Waals surface area contributed by atoms with Gasteiger partial charge in [-0.3, -0.25) is 4.79 Å². The Labute approximate surface area is 124 Å². The summed E-state index contributed by atoms with van der Waals surface area (Å²) in [5.74, 6) is -0.761. The predicted octanol–water partition coefficient (Wildman–Crippen LogP) is 3.49. The summed E-state index contributed by atoms with van der Waals surface area (Å²) in [6.07, 6.45) is 0. The highest BCUT2D eigenvalue weighted by Gasteiger charge is 2.11. The molecule has 1 N–H and O–H groups in total. The monoisotopic (exact) mass is 333 g/mol. The minimum absolute atomic E-state index is 0.289. The highest BCUT2D eigenvalue weighted by Crippen LogP contribution is 2.22. The highest BCUT2D eigenvalue weighted by atomic mass is 79.9. The van der Waals surface area contributed by atoms with Crippen LogP contribution in [-0.4, -0.2) is 19.0 Å². The number of hydrogen-bond donors (Lipinski definition) is 1. The minimum Gasteiger partial charge on any atom is -0.465 e. The maximum absolute atomic E-state index is 12.1. The van der Waals surface area contributed by atoms with Gasteiger partial charge in [-0.2, -0.15) is 0 Å². The summed E-state index contributed by atoms with van der Waals surface area (Å²) in [5.41, 5.74) is 1.40. The zero-order chi connectivity index (χ0) is 14.5. The van der Waals surface area contributed by atoms with Gasteiger partial charge in [-0.25, -0.2) is 4.79 Å². The van der Waals surface area contributed by atoms with Crippen LogP contribution in [0.1, 0.15) is 20.7 Å². The van der Waals surface area contributed by atoms with Gasteiger partial charge in [0.1, 0.15) is 0 Å². The molecule has 2 aromatic rings. The van der Waals surface area contributed by atoms with Gasteiger partial charge in [0.25, 0.3) is 5.91 Å². The molecule has 0 aliphatic rings. The Morgan fingerprint density at radius 2 is 1.75 bits per heavy atom. The molecule has 0 aromatic heterocycles. The number of esters is 1. The van der Waals surface area contributed by atoms with E-state index in [1.807, 2.05) is 18.2 Å². The van der Waals surface area contributed by atoms with Crippen molar-refractivity contribution in [3.8, 4) is 0 Å². The Bertz CT molecular complexity index is 655. The first-order chi connectivity index (χ1) is 9.61. The van der Waals surface area contributed by atoms with Crippen molar-refractivity contribution in [1.29, 1.82) is 0 Å². The van der Waals surface area contributed by atoms with Gasteiger partial charge < -0.3 is 10.1 Å². The molecule has 0 saturated carbocycles. The van der Waals surface area contributed by atoms with Gasteiger partial charge in [0.05, 0.1) is 18.4 Å². The molecule has 0 spiro atoms. The van der Waals surface area contributed by atoms with E-state index >= 15 is 0 Å². The molecule has 0 saturated heterocycles. The van der Waals surface area contributed by atoms with Gasteiger partial charge in [0.15, 0.2) is 0 Å². The van der Waals surface area contributed by atoms with Gasteiger partial charge >= 0.3 is 5.97 Å². The van der Waals surface area contributed by atoms with Crippen LogP contribution in [0.25, 0.3) is 0 Å². The third kappa shape index (κ3) is 3.24. The van der Waals surface area contributed by atoms with E-state index in [4.69, 9.17) is 0 Å². The molecule has 0 radical (unpaired) electrons. The standard InChI is InChI=1S/C15H12BrNO3/c1-20-15(19)11-6-4-5-10(9-11)14(18)17-13-8-3-2-7-12(13)16/h2-9H,1H3,(H,17,18). The molecule has 4 nitrogen and oxygen atoms in total. The molecule has 2 rings (SSSR count). The smallest absolute Gasteiger partial charge is 0.337 e. The summed E-state index contributed by atoms with van der Waals surface area (Å²) in [7, 11) is 1.30. The third-order valence-electron chi connectivity index (χ3n) is 2.67. The summed E-state index contributed by atoms with van der Waals surface area (Å²) in [6, 6.07) is 13.7. The molecule has 0 unspecified atom stereocenters. The van der Waals surface area contributed by atoms with E-state index < -0.39 is 5.97 Å². The fraction of sp³-hybridized carbons (Fsp3) is 0.0667. The van der Waals surface area contributed by atoms with E-state index in [1.165, 1.54) is 13.2 Å². The lowest BCUT2D eigenvalue weighted by atomic mass is 10.1. The number of para-hydroxylation sites is 1. The number of halogens is 1. The largest absolute Gasteiger partial charge is 0.465 e. The Balaban J connectivity index is 2.22. The van der Waals surface area contributed by atoms with Crippen LogP contribution in [0, 0.1) is 0 Å². The molecule has 0 fully saturated rings. The van der Waals surface area contributed by atoms with Crippen molar-refractivity contribution in [3.05, 3.63) is 64.1 Å². The highest BCUT2D eigenvalue weighted by molar-refractivity contribution is 9.10. The lowest BCUT2D eigenvalue weighted by Gasteiger charge is -2.08. The van der Waals surface area contributed by atoms with Crippen molar-refractivity contribution in [1.82, 2.24) is 0 Å². The van der Waals surface area contributed by atoms with Crippen molar-refractivity contribution in [3.63, 3.8) is 0 Å². The average Bonchev–Trinajstić information content (AvgIpc) is 2.49. The van der Waals surface area contributed by atoms with Crippen molar-refractivity contribution in [2.24, 2.45) is 0 Å². The van der Waals surface area contributed by atoms with Crippen LogP contribution in [0.3, 0.4) is 0 Å². The quantitative estimate of drug-likeness (QED) is 0.875. The first-order valence-electron chi connectivity index (χ1n) is 5.86. The molecule has 5 heteroatoms. The number of hydrogen-bond acceptors (Lipinski definition) is 3. The van der Waals surface area contributed by atoms with Gasteiger partial charge in [-0.05, 0) is 46.3 Å². The SMILES string of the molecule is COC(=O)c1cccc(C(=O)Nc2ccccc2Br)c1. The summed E-state index contributed by atoms with van der Waals surface area (Å²) in [5, 5.41) is 2.77. The fourth-order valence-corrected chi connectivity index (χ4v) is 2.05. The second-order valence-electron chi connectivity index (χ2n) is 4.01. The Morgan fingerprint density at radius 3 is 2.45 bits per heavy atom. The molecule has 20 heavy (non-hydrogen) atoms. The molecule has 2 aromatic carbocycles. The van der Waals surface area contributed by atoms with Crippen LogP contribution < -0.4 is 5.32 Å². The van der Waals surface area contributed by atoms with E-state index in [2.05, 4.69) is 26.0 Å². The second kappa shape index (κ2) is 6.34. The predicted molar refractivity (Wildman–Crippen MR) is 79.9 cm³/mol. The minimum atomic E-state index is -0.472. The summed E-state index contributed by atoms with van der Waals surface area (Å²) in [4.78, 5) is 23.6. The van der Waals surface area contributed by atoms with E-state index in [0.717, 1.165) is 4.47 Å². The number of rotatable bonds is 3.